The summed E-state index contributed by atoms with van der Waals surface area (Å²) < 4.78 is 27.0. The summed E-state index contributed by atoms with van der Waals surface area (Å²) in [5, 5.41) is 1.07. The van der Waals surface area contributed by atoms with Gasteiger partial charge >= 0.3 is 0 Å². The molecule has 0 unspecified atom stereocenters. The number of sulfonamides is 1. The van der Waals surface area contributed by atoms with E-state index in [2.05, 4.69) is 11.6 Å². The van der Waals surface area contributed by atoms with E-state index in [-0.39, 0.29) is 17.9 Å². The van der Waals surface area contributed by atoms with Crippen LogP contribution >= 0.6 is 11.3 Å². The van der Waals surface area contributed by atoms with E-state index in [1.54, 1.807) is 4.90 Å². The predicted octanol–water partition coefficient (Wildman–Crippen LogP) is 2.69. The Kier molecular flexibility index (Phi) is 4.94. The number of fused-ring (bicyclic) bond motifs is 1. The molecule has 5 nitrogen and oxygen atoms in total. The highest BCUT2D eigenvalue weighted by Gasteiger charge is 2.36. The van der Waals surface area contributed by atoms with Gasteiger partial charge < -0.3 is 4.90 Å². The zero-order valence-electron chi connectivity index (χ0n) is 13.9. The Bertz CT molecular complexity index is 811. The van der Waals surface area contributed by atoms with Gasteiger partial charge in [-0.1, -0.05) is 31.5 Å². The van der Waals surface area contributed by atoms with Crippen molar-refractivity contribution in [3.05, 3.63) is 35.2 Å². The molecule has 24 heavy (non-hydrogen) atoms. The molecule has 7 heteroatoms. The Morgan fingerprint density at radius 1 is 1.33 bits per heavy atom. The number of benzene rings is 1. The summed E-state index contributed by atoms with van der Waals surface area (Å²) in [5.74, 6) is 0.165. The molecule has 0 spiro atoms. The van der Waals surface area contributed by atoms with Gasteiger partial charge in [0.15, 0.2) is 0 Å². The van der Waals surface area contributed by atoms with Crippen LogP contribution in [-0.4, -0.2) is 44.6 Å². The second-order valence-electron chi connectivity index (χ2n) is 6.40. The first kappa shape index (κ1) is 17.4. The topological polar surface area (TPSA) is 66.5 Å². The van der Waals surface area contributed by atoms with Crippen molar-refractivity contribution in [1.29, 1.82) is 0 Å². The molecule has 1 saturated heterocycles. The summed E-state index contributed by atoms with van der Waals surface area (Å²) in [6.45, 7) is 3.12. The van der Waals surface area contributed by atoms with Crippen LogP contribution in [0.4, 0.5) is 0 Å². The summed E-state index contributed by atoms with van der Waals surface area (Å²) in [7, 11) is -3.28. The van der Waals surface area contributed by atoms with E-state index in [9.17, 15) is 13.2 Å². The van der Waals surface area contributed by atoms with Crippen LogP contribution in [0.5, 0.6) is 0 Å². The number of carbonyl (C=O) groups is 1. The Morgan fingerprint density at radius 3 is 2.75 bits per heavy atom. The third-order valence-corrected chi connectivity index (χ3v) is 6.22. The quantitative estimate of drug-likeness (QED) is 0.885. The molecule has 1 fully saturated rings. The molecular formula is C17H22N2O3S2. The third-order valence-electron chi connectivity index (χ3n) is 4.39. The summed E-state index contributed by atoms with van der Waals surface area (Å²) in [5.41, 5.74) is 0. The lowest BCUT2D eigenvalue weighted by Crippen LogP contribution is -2.40. The number of thiophene rings is 1. The van der Waals surface area contributed by atoms with E-state index in [0.29, 0.717) is 18.0 Å². The van der Waals surface area contributed by atoms with Crippen molar-refractivity contribution in [2.24, 2.45) is 5.92 Å². The summed E-state index contributed by atoms with van der Waals surface area (Å²) in [6.07, 6.45) is 3.05. The number of nitrogens with one attached hydrogen (secondary N) is 1. The van der Waals surface area contributed by atoms with Crippen LogP contribution in [0.2, 0.25) is 0 Å². The predicted molar refractivity (Wildman–Crippen MR) is 97.9 cm³/mol. The fraction of sp³-hybridized carbons (Fsp3) is 0.471. The molecule has 0 radical (unpaired) electrons. The average molecular weight is 367 g/mol. The maximum absolute atomic E-state index is 12.8. The van der Waals surface area contributed by atoms with Gasteiger partial charge in [-0.2, -0.15) is 0 Å². The van der Waals surface area contributed by atoms with Crippen LogP contribution in [0, 0.1) is 5.92 Å². The molecule has 130 valence electrons. The zero-order chi connectivity index (χ0) is 17.3. The van der Waals surface area contributed by atoms with Crippen LogP contribution in [0.3, 0.4) is 0 Å². The molecule has 2 aromatic rings. The van der Waals surface area contributed by atoms with Gasteiger partial charge in [-0.15, -0.1) is 11.3 Å². The Balaban J connectivity index is 1.79. The molecular weight excluding hydrogens is 344 g/mol. The maximum atomic E-state index is 12.8. The lowest BCUT2D eigenvalue weighted by molar-refractivity contribution is 0.0790. The van der Waals surface area contributed by atoms with Crippen molar-refractivity contribution in [3.63, 3.8) is 0 Å². The lowest BCUT2D eigenvalue weighted by Gasteiger charge is -2.17. The van der Waals surface area contributed by atoms with E-state index in [1.807, 2.05) is 30.3 Å². The van der Waals surface area contributed by atoms with Gasteiger partial charge in [0.2, 0.25) is 10.0 Å². The molecule has 2 heterocycles. The van der Waals surface area contributed by atoms with E-state index >= 15 is 0 Å². The number of amides is 1. The van der Waals surface area contributed by atoms with Crippen LogP contribution < -0.4 is 4.72 Å². The average Bonchev–Trinajstić information content (AvgIpc) is 3.10. The fourth-order valence-corrected chi connectivity index (χ4v) is 5.20. The Hall–Kier alpha value is -1.44. The molecule has 1 aromatic heterocycles. The van der Waals surface area contributed by atoms with Gasteiger partial charge in [-0.05, 0) is 29.9 Å². The van der Waals surface area contributed by atoms with Gasteiger partial charge in [0.25, 0.3) is 5.91 Å². The number of carbonyl (C=O) groups excluding carboxylic acids is 1. The number of likely N-dealkylation sites (tertiary alicyclic amines) is 1. The van der Waals surface area contributed by atoms with Crippen molar-refractivity contribution in [1.82, 2.24) is 9.62 Å². The largest absolute Gasteiger partial charge is 0.336 e. The van der Waals surface area contributed by atoms with Crippen LogP contribution in [0.1, 0.15) is 29.4 Å². The van der Waals surface area contributed by atoms with Crippen molar-refractivity contribution in [2.45, 2.75) is 25.8 Å². The van der Waals surface area contributed by atoms with Gasteiger partial charge in [0.1, 0.15) is 0 Å². The highest BCUT2D eigenvalue weighted by atomic mass is 32.2. The normalized spacial score (nSPS) is 21.5. The SMILES string of the molecule is CCC[C@@H]1CN(C(=O)c2cc3ccccc3s2)C[C@H]1NS(C)(=O)=O. The molecule has 1 amide bonds. The highest BCUT2D eigenvalue weighted by molar-refractivity contribution is 7.88. The molecule has 2 atom stereocenters. The van der Waals surface area contributed by atoms with Crippen molar-refractivity contribution in [3.8, 4) is 0 Å². The standard InChI is InChI=1S/C17H22N2O3S2/c1-3-6-13-10-19(11-14(13)18-24(2,21)22)17(20)16-9-12-7-4-5-8-15(12)23-16/h4-5,7-9,13-14,18H,3,6,10-11H2,1-2H3/t13-,14-/m1/s1. The van der Waals surface area contributed by atoms with Gasteiger partial charge in [0, 0.05) is 23.8 Å². The van der Waals surface area contributed by atoms with Crippen LogP contribution in [-0.2, 0) is 10.0 Å². The monoisotopic (exact) mass is 366 g/mol. The molecule has 3 rings (SSSR count). The molecule has 1 aliphatic heterocycles. The molecule has 1 aromatic carbocycles. The van der Waals surface area contributed by atoms with Gasteiger partial charge in [-0.3, -0.25) is 4.79 Å². The zero-order valence-corrected chi connectivity index (χ0v) is 15.5. The van der Waals surface area contributed by atoms with E-state index < -0.39 is 10.0 Å². The third kappa shape index (κ3) is 3.79. The maximum Gasteiger partial charge on any atom is 0.264 e. The van der Waals surface area contributed by atoms with E-state index in [0.717, 1.165) is 22.9 Å². The van der Waals surface area contributed by atoms with Crippen LogP contribution in [0.15, 0.2) is 30.3 Å². The van der Waals surface area contributed by atoms with Crippen molar-refractivity contribution >= 4 is 37.4 Å². The first-order chi connectivity index (χ1) is 11.4. The number of hydrogen-bond acceptors (Lipinski definition) is 4. The second-order valence-corrected chi connectivity index (χ2v) is 9.27. The minimum absolute atomic E-state index is 0.00453. The fourth-order valence-electron chi connectivity index (χ4n) is 3.35. The Morgan fingerprint density at radius 2 is 2.08 bits per heavy atom. The van der Waals surface area contributed by atoms with E-state index in [1.165, 1.54) is 17.6 Å². The number of nitrogens with zero attached hydrogens (tertiary/aromatic N) is 1. The first-order valence-corrected chi connectivity index (χ1v) is 10.8. The van der Waals surface area contributed by atoms with Gasteiger partial charge in [-0.25, -0.2) is 13.1 Å². The molecule has 0 saturated carbocycles. The summed E-state index contributed by atoms with van der Waals surface area (Å²) >= 11 is 1.49. The van der Waals surface area contributed by atoms with Crippen molar-refractivity contribution < 1.29 is 13.2 Å². The molecule has 1 N–H and O–H groups in total. The highest BCUT2D eigenvalue weighted by Crippen LogP contribution is 2.29. The molecule has 1 aliphatic rings. The van der Waals surface area contributed by atoms with E-state index in [4.69, 9.17) is 0 Å². The summed E-state index contributed by atoms with van der Waals surface area (Å²) in [6, 6.07) is 9.66. The number of rotatable bonds is 5. The minimum atomic E-state index is -3.28. The number of hydrogen-bond donors (Lipinski definition) is 1. The Labute approximate surface area is 146 Å². The van der Waals surface area contributed by atoms with Crippen molar-refractivity contribution in [2.75, 3.05) is 19.3 Å². The minimum Gasteiger partial charge on any atom is -0.336 e. The lowest BCUT2D eigenvalue weighted by atomic mass is 9.99. The van der Waals surface area contributed by atoms with Crippen LogP contribution in [0.25, 0.3) is 10.1 Å². The van der Waals surface area contributed by atoms with Gasteiger partial charge in [0.05, 0.1) is 11.1 Å². The molecule has 0 bridgehead atoms. The summed E-state index contributed by atoms with van der Waals surface area (Å²) in [4.78, 5) is 15.3. The first-order valence-electron chi connectivity index (χ1n) is 8.12. The molecule has 0 aliphatic carbocycles. The second kappa shape index (κ2) is 6.82. The smallest absolute Gasteiger partial charge is 0.264 e.